The molecule has 0 atom stereocenters. The first-order chi connectivity index (χ1) is 9.32. The van der Waals surface area contributed by atoms with Gasteiger partial charge in [0.2, 0.25) is 0 Å². The number of aromatic carboxylic acids is 1. The smallest absolute Gasteiger partial charge is 0.416 e. The number of carboxylic acid groups (broad SMARTS) is 1. The molecule has 5 nitrogen and oxygen atoms in total. The van der Waals surface area contributed by atoms with Crippen molar-refractivity contribution >= 4 is 5.97 Å². The molecule has 0 unspecified atom stereocenters. The monoisotopic (exact) mass is 285 g/mol. The molecule has 0 saturated carbocycles. The van der Waals surface area contributed by atoms with Crippen molar-refractivity contribution in [3.8, 4) is 11.4 Å². The highest BCUT2D eigenvalue weighted by Crippen LogP contribution is 2.30. The number of nitrogens with zero attached hydrogens (tertiary/aromatic N) is 1. The van der Waals surface area contributed by atoms with E-state index in [4.69, 9.17) is 10.8 Å². The number of carboxylic acids is 1. The van der Waals surface area contributed by atoms with Crippen LogP contribution in [0.4, 0.5) is 13.2 Å². The Morgan fingerprint density at radius 3 is 2.30 bits per heavy atom. The summed E-state index contributed by atoms with van der Waals surface area (Å²) in [5, 5.41) is 8.92. The number of carbonyl (C=O) groups is 1. The van der Waals surface area contributed by atoms with Gasteiger partial charge in [-0.2, -0.15) is 13.2 Å². The fraction of sp³-hybridized carbons (Fsp3) is 0.167. The zero-order valence-corrected chi connectivity index (χ0v) is 10.0. The van der Waals surface area contributed by atoms with Crippen LogP contribution in [0.1, 0.15) is 21.7 Å². The van der Waals surface area contributed by atoms with Crippen LogP contribution in [0.25, 0.3) is 11.4 Å². The lowest BCUT2D eigenvalue weighted by molar-refractivity contribution is -0.137. The molecule has 0 amide bonds. The number of hydrogen-bond acceptors (Lipinski definition) is 3. The molecule has 2 rings (SSSR count). The van der Waals surface area contributed by atoms with E-state index in [0.717, 1.165) is 12.1 Å². The first-order valence-electron chi connectivity index (χ1n) is 5.53. The third-order valence-electron chi connectivity index (χ3n) is 2.67. The van der Waals surface area contributed by atoms with Crippen LogP contribution in [0.3, 0.4) is 0 Å². The summed E-state index contributed by atoms with van der Waals surface area (Å²) in [5.41, 5.74) is 4.92. The van der Waals surface area contributed by atoms with Crippen molar-refractivity contribution < 1.29 is 23.1 Å². The maximum Gasteiger partial charge on any atom is 0.416 e. The van der Waals surface area contributed by atoms with E-state index in [1.54, 1.807) is 0 Å². The van der Waals surface area contributed by atoms with Crippen molar-refractivity contribution in [3.63, 3.8) is 0 Å². The number of aromatic amines is 1. The fourth-order valence-electron chi connectivity index (χ4n) is 1.69. The maximum absolute atomic E-state index is 12.4. The second-order valence-corrected chi connectivity index (χ2v) is 4.00. The summed E-state index contributed by atoms with van der Waals surface area (Å²) >= 11 is 0. The third kappa shape index (κ3) is 2.64. The van der Waals surface area contributed by atoms with Gasteiger partial charge in [-0.25, -0.2) is 9.78 Å². The summed E-state index contributed by atoms with van der Waals surface area (Å²) in [5.74, 6) is -1.09. The molecule has 1 aromatic carbocycles. The lowest BCUT2D eigenvalue weighted by Crippen LogP contribution is -2.06. The SMILES string of the molecule is NCc1[nH]c(-c2ccc(C(F)(F)F)cc2)nc1C(=O)O. The van der Waals surface area contributed by atoms with Gasteiger partial charge in [0.1, 0.15) is 5.82 Å². The molecule has 0 fully saturated rings. The molecule has 106 valence electrons. The van der Waals surface area contributed by atoms with Gasteiger partial charge in [-0.15, -0.1) is 0 Å². The number of benzene rings is 1. The largest absolute Gasteiger partial charge is 0.476 e. The predicted octanol–water partition coefficient (Wildman–Crippen LogP) is 2.25. The normalized spacial score (nSPS) is 11.6. The predicted molar refractivity (Wildman–Crippen MR) is 63.9 cm³/mol. The van der Waals surface area contributed by atoms with Crippen molar-refractivity contribution in [3.05, 3.63) is 41.2 Å². The Morgan fingerprint density at radius 2 is 1.90 bits per heavy atom. The first kappa shape index (κ1) is 14.1. The van der Waals surface area contributed by atoms with Crippen molar-refractivity contribution in [2.75, 3.05) is 0 Å². The summed E-state index contributed by atoms with van der Waals surface area (Å²) in [4.78, 5) is 17.4. The van der Waals surface area contributed by atoms with Gasteiger partial charge in [-0.3, -0.25) is 0 Å². The summed E-state index contributed by atoms with van der Waals surface area (Å²) in [6, 6.07) is 4.24. The number of hydrogen-bond donors (Lipinski definition) is 3. The van der Waals surface area contributed by atoms with Crippen LogP contribution in [0, 0.1) is 0 Å². The number of imidazole rings is 1. The number of nitrogens with two attached hydrogens (primary N) is 1. The molecule has 0 aliphatic heterocycles. The van der Waals surface area contributed by atoms with Crippen LogP contribution in [0.5, 0.6) is 0 Å². The average Bonchev–Trinajstić information content (AvgIpc) is 2.82. The van der Waals surface area contributed by atoms with E-state index in [1.807, 2.05) is 0 Å². The van der Waals surface area contributed by atoms with Crippen LogP contribution in [0.2, 0.25) is 0 Å². The van der Waals surface area contributed by atoms with E-state index in [-0.39, 0.29) is 23.8 Å². The number of halogens is 3. The molecule has 0 radical (unpaired) electrons. The Bertz CT molecular complexity index is 632. The van der Waals surface area contributed by atoms with Crippen molar-refractivity contribution in [2.45, 2.75) is 12.7 Å². The number of rotatable bonds is 3. The van der Waals surface area contributed by atoms with Gasteiger partial charge in [0.05, 0.1) is 11.3 Å². The van der Waals surface area contributed by atoms with E-state index in [0.29, 0.717) is 5.56 Å². The van der Waals surface area contributed by atoms with Gasteiger partial charge >= 0.3 is 12.1 Å². The number of aromatic nitrogens is 2. The molecule has 2 aromatic rings. The van der Waals surface area contributed by atoms with Crippen LogP contribution in [-0.4, -0.2) is 21.0 Å². The van der Waals surface area contributed by atoms with Crippen molar-refractivity contribution in [1.82, 2.24) is 9.97 Å². The van der Waals surface area contributed by atoms with E-state index >= 15 is 0 Å². The number of nitrogens with one attached hydrogen (secondary N) is 1. The average molecular weight is 285 g/mol. The maximum atomic E-state index is 12.4. The van der Waals surface area contributed by atoms with Crippen molar-refractivity contribution in [1.29, 1.82) is 0 Å². The molecule has 8 heteroatoms. The Kier molecular flexibility index (Phi) is 3.49. The first-order valence-corrected chi connectivity index (χ1v) is 5.53. The zero-order chi connectivity index (χ0) is 14.9. The Labute approximate surface area is 111 Å². The van der Waals surface area contributed by atoms with E-state index < -0.39 is 17.7 Å². The fourth-order valence-corrected chi connectivity index (χ4v) is 1.69. The third-order valence-corrected chi connectivity index (χ3v) is 2.67. The number of H-pyrrole nitrogens is 1. The van der Waals surface area contributed by atoms with E-state index in [2.05, 4.69) is 9.97 Å². The molecule has 20 heavy (non-hydrogen) atoms. The Morgan fingerprint density at radius 1 is 1.30 bits per heavy atom. The van der Waals surface area contributed by atoms with Crippen LogP contribution in [0.15, 0.2) is 24.3 Å². The minimum absolute atomic E-state index is 0.0602. The second-order valence-electron chi connectivity index (χ2n) is 4.00. The van der Waals surface area contributed by atoms with Crippen LogP contribution in [-0.2, 0) is 12.7 Å². The topological polar surface area (TPSA) is 92.0 Å². The summed E-state index contributed by atoms with van der Waals surface area (Å²) in [6.45, 7) is -0.0602. The molecule has 0 spiro atoms. The molecule has 1 aromatic heterocycles. The lowest BCUT2D eigenvalue weighted by Gasteiger charge is -2.06. The lowest BCUT2D eigenvalue weighted by atomic mass is 10.1. The highest BCUT2D eigenvalue weighted by atomic mass is 19.4. The Balaban J connectivity index is 2.39. The van der Waals surface area contributed by atoms with Crippen molar-refractivity contribution in [2.24, 2.45) is 5.73 Å². The van der Waals surface area contributed by atoms with Gasteiger partial charge in [-0.1, -0.05) is 12.1 Å². The van der Waals surface area contributed by atoms with E-state index in [9.17, 15) is 18.0 Å². The van der Waals surface area contributed by atoms with Gasteiger partial charge < -0.3 is 15.8 Å². The minimum Gasteiger partial charge on any atom is -0.476 e. The molecular weight excluding hydrogens is 275 g/mol. The van der Waals surface area contributed by atoms with Gasteiger partial charge in [-0.05, 0) is 12.1 Å². The molecule has 0 bridgehead atoms. The molecule has 1 heterocycles. The van der Waals surface area contributed by atoms with E-state index in [1.165, 1.54) is 12.1 Å². The molecule has 0 saturated heterocycles. The molecule has 0 aliphatic rings. The standard InChI is InChI=1S/C12H10F3N3O2/c13-12(14,15)7-3-1-6(2-4-7)10-17-8(5-16)9(18-10)11(19)20/h1-4H,5,16H2,(H,17,18)(H,19,20). The molecular formula is C12H10F3N3O2. The van der Waals surface area contributed by atoms with Crippen LogP contribution >= 0.6 is 0 Å². The second kappa shape index (κ2) is 4.97. The zero-order valence-electron chi connectivity index (χ0n) is 10.0. The highest BCUT2D eigenvalue weighted by molar-refractivity contribution is 5.87. The molecule has 0 aliphatic carbocycles. The Hall–Kier alpha value is -2.35. The van der Waals surface area contributed by atoms with Crippen LogP contribution < -0.4 is 5.73 Å². The highest BCUT2D eigenvalue weighted by Gasteiger charge is 2.30. The minimum atomic E-state index is -4.42. The van der Waals surface area contributed by atoms with Gasteiger partial charge in [0, 0.05) is 12.1 Å². The quantitative estimate of drug-likeness (QED) is 0.806. The summed E-state index contributed by atoms with van der Waals surface area (Å²) in [7, 11) is 0. The number of alkyl halides is 3. The summed E-state index contributed by atoms with van der Waals surface area (Å²) in [6.07, 6.45) is -4.42. The summed E-state index contributed by atoms with van der Waals surface area (Å²) < 4.78 is 37.3. The van der Waals surface area contributed by atoms with Gasteiger partial charge in [0.25, 0.3) is 0 Å². The molecule has 4 N–H and O–H groups in total. The van der Waals surface area contributed by atoms with Gasteiger partial charge in [0.15, 0.2) is 5.69 Å².